The number of amides is 1. The molecule has 0 saturated carbocycles. The second kappa shape index (κ2) is 4.40. The summed E-state index contributed by atoms with van der Waals surface area (Å²) in [5, 5.41) is 2.72. The van der Waals surface area contributed by atoms with Crippen molar-refractivity contribution in [3.63, 3.8) is 0 Å². The largest absolute Gasteiger partial charge is 0.346 e. The van der Waals surface area contributed by atoms with Gasteiger partial charge < -0.3 is 5.32 Å². The molecule has 3 nitrogen and oxygen atoms in total. The Morgan fingerprint density at radius 2 is 2.14 bits per heavy atom. The maximum Gasteiger partial charge on any atom is 0.217 e. The van der Waals surface area contributed by atoms with Gasteiger partial charge in [-0.1, -0.05) is 11.6 Å². The maximum absolute atomic E-state index is 11.3. The maximum atomic E-state index is 11.3. The van der Waals surface area contributed by atoms with Crippen LogP contribution in [0.4, 0.5) is 0 Å². The molecule has 1 rings (SSSR count). The molecule has 78 valence electrons. The highest BCUT2D eigenvalue weighted by molar-refractivity contribution is 5.87. The SMILES string of the molecule is CC(=O)NC(C(C)=O)C1CC=C(C)C1. The van der Waals surface area contributed by atoms with Crippen LogP contribution < -0.4 is 5.32 Å². The van der Waals surface area contributed by atoms with Gasteiger partial charge in [-0.2, -0.15) is 0 Å². The summed E-state index contributed by atoms with van der Waals surface area (Å²) in [4.78, 5) is 22.3. The molecule has 1 N–H and O–H groups in total. The van der Waals surface area contributed by atoms with Crippen LogP contribution in [-0.4, -0.2) is 17.7 Å². The Hall–Kier alpha value is -1.12. The van der Waals surface area contributed by atoms with Crippen LogP contribution in [-0.2, 0) is 9.59 Å². The van der Waals surface area contributed by atoms with Crippen LogP contribution in [0.3, 0.4) is 0 Å². The molecule has 0 heterocycles. The average molecular weight is 195 g/mol. The number of nitrogens with one attached hydrogen (secondary N) is 1. The first-order chi connectivity index (χ1) is 6.50. The van der Waals surface area contributed by atoms with E-state index in [-0.39, 0.29) is 23.7 Å². The Kier molecular flexibility index (Phi) is 3.44. The van der Waals surface area contributed by atoms with E-state index in [2.05, 4.69) is 18.3 Å². The van der Waals surface area contributed by atoms with E-state index in [1.165, 1.54) is 19.4 Å². The summed E-state index contributed by atoms with van der Waals surface area (Å²) in [5.74, 6) is 0.180. The Morgan fingerprint density at radius 3 is 2.50 bits per heavy atom. The molecule has 0 fully saturated rings. The molecule has 1 aliphatic carbocycles. The molecule has 1 amide bonds. The Bertz CT molecular complexity index is 281. The van der Waals surface area contributed by atoms with Crippen molar-refractivity contribution in [2.45, 2.75) is 39.7 Å². The third-order valence-electron chi connectivity index (χ3n) is 2.62. The van der Waals surface area contributed by atoms with Gasteiger partial charge in [0.25, 0.3) is 0 Å². The summed E-state index contributed by atoms with van der Waals surface area (Å²) in [6, 6.07) is -0.304. The summed E-state index contributed by atoms with van der Waals surface area (Å²) in [6.45, 7) is 5.05. The topological polar surface area (TPSA) is 46.2 Å². The number of Topliss-reactive ketones (excluding diaryl/α,β-unsaturated/α-hetero) is 1. The minimum atomic E-state index is -0.304. The van der Waals surface area contributed by atoms with Crippen molar-refractivity contribution in [1.82, 2.24) is 5.32 Å². The first-order valence-electron chi connectivity index (χ1n) is 4.94. The van der Waals surface area contributed by atoms with Crippen LogP contribution in [0.5, 0.6) is 0 Å². The van der Waals surface area contributed by atoms with Crippen molar-refractivity contribution >= 4 is 11.7 Å². The first kappa shape index (κ1) is 11.0. The summed E-state index contributed by atoms with van der Waals surface area (Å²) in [7, 11) is 0. The average Bonchev–Trinajstić information content (AvgIpc) is 2.46. The van der Waals surface area contributed by atoms with Crippen molar-refractivity contribution < 1.29 is 9.59 Å². The smallest absolute Gasteiger partial charge is 0.217 e. The molecule has 2 unspecified atom stereocenters. The van der Waals surface area contributed by atoms with E-state index in [0.717, 1.165) is 12.8 Å². The number of carbonyl (C=O) groups is 2. The van der Waals surface area contributed by atoms with E-state index < -0.39 is 0 Å². The number of hydrogen-bond donors (Lipinski definition) is 1. The second-order valence-electron chi connectivity index (χ2n) is 4.04. The summed E-state index contributed by atoms with van der Waals surface area (Å²) < 4.78 is 0. The molecule has 0 bridgehead atoms. The molecular weight excluding hydrogens is 178 g/mol. The molecule has 0 aromatic carbocycles. The highest BCUT2D eigenvalue weighted by Gasteiger charge is 2.28. The molecule has 0 aliphatic heterocycles. The van der Waals surface area contributed by atoms with Gasteiger partial charge in [-0.3, -0.25) is 9.59 Å². The molecule has 14 heavy (non-hydrogen) atoms. The predicted molar refractivity (Wildman–Crippen MR) is 54.8 cm³/mol. The quantitative estimate of drug-likeness (QED) is 0.692. The Balaban J connectivity index is 2.60. The third kappa shape index (κ3) is 2.69. The van der Waals surface area contributed by atoms with Gasteiger partial charge in [-0.25, -0.2) is 0 Å². The van der Waals surface area contributed by atoms with E-state index in [0.29, 0.717) is 0 Å². The van der Waals surface area contributed by atoms with Crippen molar-refractivity contribution in [2.24, 2.45) is 5.92 Å². The lowest BCUT2D eigenvalue weighted by atomic mass is 9.93. The van der Waals surface area contributed by atoms with E-state index >= 15 is 0 Å². The van der Waals surface area contributed by atoms with Crippen LogP contribution in [0.1, 0.15) is 33.6 Å². The fourth-order valence-electron chi connectivity index (χ4n) is 1.96. The minimum absolute atomic E-state index is 0.0494. The Labute approximate surface area is 84.6 Å². The standard InChI is InChI=1S/C11H17NO2/c1-7-4-5-10(6-7)11(8(2)13)12-9(3)14/h4,10-11H,5-6H2,1-3H3,(H,12,14). The minimum Gasteiger partial charge on any atom is -0.346 e. The van der Waals surface area contributed by atoms with Crippen LogP contribution >= 0.6 is 0 Å². The van der Waals surface area contributed by atoms with Crippen molar-refractivity contribution in [1.29, 1.82) is 0 Å². The van der Waals surface area contributed by atoms with Gasteiger partial charge >= 0.3 is 0 Å². The van der Waals surface area contributed by atoms with Gasteiger partial charge in [0, 0.05) is 6.92 Å². The lowest BCUT2D eigenvalue weighted by molar-refractivity contribution is -0.126. The summed E-state index contributed by atoms with van der Waals surface area (Å²) >= 11 is 0. The van der Waals surface area contributed by atoms with Crippen molar-refractivity contribution in [3.8, 4) is 0 Å². The highest BCUT2D eigenvalue weighted by atomic mass is 16.2. The monoisotopic (exact) mass is 195 g/mol. The lowest BCUT2D eigenvalue weighted by Crippen LogP contribution is -2.43. The fraction of sp³-hybridized carbons (Fsp3) is 0.636. The number of hydrogen-bond acceptors (Lipinski definition) is 2. The molecule has 1 aliphatic rings. The van der Waals surface area contributed by atoms with Crippen LogP contribution in [0.2, 0.25) is 0 Å². The second-order valence-corrected chi connectivity index (χ2v) is 4.04. The van der Waals surface area contributed by atoms with Gasteiger partial charge in [-0.15, -0.1) is 0 Å². The first-order valence-corrected chi connectivity index (χ1v) is 4.94. The van der Waals surface area contributed by atoms with Gasteiger partial charge in [0.05, 0.1) is 6.04 Å². The molecule has 0 spiro atoms. The number of carbonyl (C=O) groups excluding carboxylic acids is 2. The van der Waals surface area contributed by atoms with Gasteiger partial charge in [0.2, 0.25) is 5.91 Å². The molecule has 0 saturated heterocycles. The zero-order chi connectivity index (χ0) is 10.7. The Morgan fingerprint density at radius 1 is 1.50 bits per heavy atom. The lowest BCUT2D eigenvalue weighted by Gasteiger charge is -2.21. The predicted octanol–water partition coefficient (Wildman–Crippen LogP) is 1.44. The van der Waals surface area contributed by atoms with Gasteiger partial charge in [0.15, 0.2) is 5.78 Å². The van der Waals surface area contributed by atoms with Crippen molar-refractivity contribution in [2.75, 3.05) is 0 Å². The number of rotatable bonds is 3. The molecular formula is C11H17NO2. The highest BCUT2D eigenvalue weighted by Crippen LogP contribution is 2.27. The normalized spacial score (nSPS) is 22.8. The molecule has 0 radical (unpaired) electrons. The van der Waals surface area contributed by atoms with Gasteiger partial charge in [0.1, 0.15) is 0 Å². The zero-order valence-corrected chi connectivity index (χ0v) is 8.96. The third-order valence-corrected chi connectivity index (χ3v) is 2.62. The van der Waals surface area contributed by atoms with E-state index in [1.54, 1.807) is 0 Å². The number of ketones is 1. The molecule has 3 heteroatoms. The van der Waals surface area contributed by atoms with Crippen LogP contribution in [0.25, 0.3) is 0 Å². The number of allylic oxidation sites excluding steroid dienone is 2. The van der Waals surface area contributed by atoms with Gasteiger partial charge in [-0.05, 0) is 32.6 Å². The van der Waals surface area contributed by atoms with E-state index in [1.807, 2.05) is 0 Å². The van der Waals surface area contributed by atoms with Crippen LogP contribution in [0.15, 0.2) is 11.6 Å². The van der Waals surface area contributed by atoms with E-state index in [4.69, 9.17) is 0 Å². The molecule has 0 aromatic rings. The summed E-state index contributed by atoms with van der Waals surface area (Å²) in [5.41, 5.74) is 1.31. The van der Waals surface area contributed by atoms with Crippen LogP contribution in [0, 0.1) is 5.92 Å². The van der Waals surface area contributed by atoms with Crippen molar-refractivity contribution in [3.05, 3.63) is 11.6 Å². The summed E-state index contributed by atoms with van der Waals surface area (Å²) in [6.07, 6.45) is 3.96. The van der Waals surface area contributed by atoms with E-state index in [9.17, 15) is 9.59 Å². The molecule has 0 aromatic heterocycles. The molecule has 2 atom stereocenters. The fourth-order valence-corrected chi connectivity index (χ4v) is 1.96. The zero-order valence-electron chi connectivity index (χ0n) is 8.96.